The molecule has 0 radical (unpaired) electrons. The fourth-order valence-electron chi connectivity index (χ4n) is 9.09. The molecule has 9 rings (SSSR count). The number of nitrogens with zero attached hydrogens (tertiary/aromatic N) is 3. The molecule has 0 saturated heterocycles. The minimum absolute atomic E-state index is 0.276. The summed E-state index contributed by atoms with van der Waals surface area (Å²) in [5.41, 5.74) is 21.4. The van der Waals surface area contributed by atoms with Gasteiger partial charge in [-0.2, -0.15) is 9.13 Å². The van der Waals surface area contributed by atoms with Crippen LogP contribution < -0.4 is 9.13 Å². The van der Waals surface area contributed by atoms with Crippen LogP contribution in [0.3, 0.4) is 0 Å². The molecule has 7 aromatic rings. The number of pyridine rings is 3. The van der Waals surface area contributed by atoms with Gasteiger partial charge in [0.25, 0.3) is 0 Å². The van der Waals surface area contributed by atoms with E-state index in [-0.39, 0.29) is 12.0 Å². The molecule has 0 saturated carbocycles. The van der Waals surface area contributed by atoms with Gasteiger partial charge in [-0.15, -0.1) is 0 Å². The molecular weight excluding hydrogens is 623 g/mol. The third-order valence-electron chi connectivity index (χ3n) is 12.0. The van der Waals surface area contributed by atoms with E-state index in [1.807, 2.05) is 0 Å². The van der Waals surface area contributed by atoms with Crippen molar-refractivity contribution in [2.24, 2.45) is 0 Å². The lowest BCUT2D eigenvalue weighted by molar-refractivity contribution is -0.719. The molecule has 0 aliphatic carbocycles. The summed E-state index contributed by atoms with van der Waals surface area (Å²) in [5.74, 6) is 0.288. The maximum absolute atomic E-state index is 6.92. The van der Waals surface area contributed by atoms with Crippen molar-refractivity contribution < 1.29 is 13.6 Å². The molecule has 0 spiro atoms. The van der Waals surface area contributed by atoms with Crippen molar-refractivity contribution in [3.05, 3.63) is 142 Å². The van der Waals surface area contributed by atoms with Crippen LogP contribution in [0.25, 0.3) is 61.5 Å². The van der Waals surface area contributed by atoms with Crippen molar-refractivity contribution in [2.75, 3.05) is 0 Å². The van der Waals surface area contributed by atoms with Gasteiger partial charge < -0.3 is 4.42 Å². The summed E-state index contributed by atoms with van der Waals surface area (Å²) in [5, 5.41) is 2.14. The van der Waals surface area contributed by atoms with Crippen molar-refractivity contribution >= 4 is 27.8 Å². The van der Waals surface area contributed by atoms with Crippen molar-refractivity contribution in [1.82, 2.24) is 4.98 Å². The smallest absolute Gasteiger partial charge is 0.227 e. The number of benzene rings is 3. The normalized spacial score (nSPS) is 16.7. The summed E-state index contributed by atoms with van der Waals surface area (Å²) in [6.07, 6.45) is 5.18. The molecular formula is C47H45N3O+2. The number of allylic oxidation sites excluding steroid dienone is 1. The summed E-state index contributed by atoms with van der Waals surface area (Å²) in [6, 6.07) is 29.6. The Morgan fingerprint density at radius 2 is 1.51 bits per heavy atom. The molecule has 3 aromatic carbocycles. The maximum Gasteiger partial charge on any atom is 0.227 e. The lowest BCUT2D eigenvalue weighted by Gasteiger charge is -2.32. The maximum atomic E-state index is 6.92. The van der Waals surface area contributed by atoms with Crippen LogP contribution in [0.1, 0.15) is 75.0 Å². The molecule has 2 aliphatic heterocycles. The van der Waals surface area contributed by atoms with Gasteiger partial charge in [0.05, 0.1) is 17.2 Å². The van der Waals surface area contributed by atoms with Crippen LogP contribution in [0.2, 0.25) is 0 Å². The van der Waals surface area contributed by atoms with Gasteiger partial charge in [0.1, 0.15) is 0 Å². The van der Waals surface area contributed by atoms with Gasteiger partial charge in [-0.1, -0.05) is 48.0 Å². The third kappa shape index (κ3) is 4.83. The minimum Gasteiger partial charge on any atom is -0.437 e. The van der Waals surface area contributed by atoms with Gasteiger partial charge in [-0.25, -0.2) is 4.98 Å². The largest absolute Gasteiger partial charge is 0.437 e. The van der Waals surface area contributed by atoms with Gasteiger partial charge >= 0.3 is 0 Å². The van der Waals surface area contributed by atoms with E-state index in [1.54, 1.807) is 0 Å². The number of rotatable bonds is 1. The van der Waals surface area contributed by atoms with E-state index in [4.69, 9.17) is 16.0 Å². The summed E-state index contributed by atoms with van der Waals surface area (Å²) in [6.45, 7) is 20.3. The van der Waals surface area contributed by atoms with Crippen molar-refractivity contribution in [3.8, 4) is 33.8 Å². The summed E-state index contributed by atoms with van der Waals surface area (Å²) in [7, 11) is 0. The molecule has 2 atom stereocenters. The molecule has 252 valence electrons. The minimum atomic E-state index is 0.276. The third-order valence-corrected chi connectivity index (χ3v) is 12.0. The predicted octanol–water partition coefficient (Wildman–Crippen LogP) is 10.9. The number of fused-ring (bicyclic) bond motifs is 13. The highest BCUT2D eigenvalue weighted by molar-refractivity contribution is 6.09. The van der Waals surface area contributed by atoms with Gasteiger partial charge in [0.2, 0.25) is 17.1 Å². The first-order chi connectivity index (χ1) is 24.6. The summed E-state index contributed by atoms with van der Waals surface area (Å²) in [4.78, 5) is 5.16. The highest BCUT2D eigenvalue weighted by Crippen LogP contribution is 2.46. The Kier molecular flexibility index (Phi) is 7.19. The van der Waals surface area contributed by atoms with E-state index >= 15 is 0 Å². The molecule has 2 unspecified atom stereocenters. The number of furan rings is 1. The summed E-state index contributed by atoms with van der Waals surface area (Å²) < 4.78 is 11.9. The summed E-state index contributed by atoms with van der Waals surface area (Å²) >= 11 is 0. The highest BCUT2D eigenvalue weighted by Gasteiger charge is 2.43. The quantitative estimate of drug-likeness (QED) is 0.163. The van der Waals surface area contributed by atoms with Crippen LogP contribution in [0.4, 0.5) is 0 Å². The van der Waals surface area contributed by atoms with Crippen molar-refractivity contribution in [1.29, 1.82) is 0 Å². The molecule has 6 heterocycles. The second-order valence-corrected chi connectivity index (χ2v) is 15.2. The molecule has 51 heavy (non-hydrogen) atoms. The molecule has 0 amide bonds. The van der Waals surface area contributed by atoms with Crippen LogP contribution in [0, 0.1) is 48.5 Å². The molecule has 0 fully saturated rings. The molecule has 4 aromatic heterocycles. The van der Waals surface area contributed by atoms with Crippen molar-refractivity contribution in [2.45, 2.75) is 79.7 Å². The van der Waals surface area contributed by atoms with Gasteiger partial charge in [0.15, 0.2) is 29.2 Å². The molecule has 4 heteroatoms. The zero-order valence-corrected chi connectivity index (χ0v) is 30.8. The van der Waals surface area contributed by atoms with E-state index in [2.05, 4.69) is 143 Å². The zero-order chi connectivity index (χ0) is 35.3. The van der Waals surface area contributed by atoms with Gasteiger partial charge in [0, 0.05) is 64.9 Å². The average molecular weight is 668 g/mol. The fourth-order valence-corrected chi connectivity index (χ4v) is 9.09. The first-order valence-electron chi connectivity index (χ1n) is 18.3. The molecule has 0 N–H and O–H groups in total. The SMILES string of the molecule is C=C1CC2c3cc(C)ccc3-c3cc(C)c(C)c[n+]3C2CCc2ccc3c(oc4nc(-c5c(C)cccc5C)ccc43)c2-c2ccc(C)c(C)[n+]21. The Bertz CT molecular complexity index is 2600. The first-order valence-corrected chi connectivity index (χ1v) is 18.3. The lowest BCUT2D eigenvalue weighted by atomic mass is 9.76. The van der Waals surface area contributed by atoms with Crippen LogP contribution >= 0.6 is 0 Å². The standard InChI is InChI=1S/C47H45N3O/c1-26-12-16-35-38(22-26)39-24-32(7)50-33(8)27(2)13-20-42(50)45-34(15-21-41(39)49-25-31(6)30(5)23-43(35)49)14-17-36-37-18-19-40(48-47(37)51-46(36)45)44-28(3)10-9-11-29(44)4/h9-14,16-20,22-23,25,39,41H,7,15,21,24H2,1-6,8H3/q+2. The Morgan fingerprint density at radius 3 is 2.31 bits per heavy atom. The first kappa shape index (κ1) is 31.6. The van der Waals surface area contributed by atoms with Crippen LogP contribution in [-0.2, 0) is 6.42 Å². The number of aryl methyl sites for hydroxylation is 7. The van der Waals surface area contributed by atoms with E-state index in [1.165, 1.54) is 67.0 Å². The van der Waals surface area contributed by atoms with Crippen molar-refractivity contribution in [3.63, 3.8) is 0 Å². The Labute approximate surface area is 300 Å². The second-order valence-electron chi connectivity index (χ2n) is 15.2. The highest BCUT2D eigenvalue weighted by atomic mass is 16.3. The number of hydrogen-bond acceptors (Lipinski definition) is 2. The number of aromatic nitrogens is 3. The molecule has 0 bridgehead atoms. The van der Waals surface area contributed by atoms with Crippen LogP contribution in [-0.4, -0.2) is 4.98 Å². The lowest BCUT2D eigenvalue weighted by Crippen LogP contribution is -2.49. The van der Waals surface area contributed by atoms with E-state index < -0.39 is 0 Å². The zero-order valence-electron chi connectivity index (χ0n) is 30.8. The monoisotopic (exact) mass is 667 g/mol. The van der Waals surface area contributed by atoms with Crippen LogP contribution in [0.5, 0.6) is 0 Å². The Balaban J connectivity index is 1.28. The second kappa shape index (κ2) is 11.6. The van der Waals surface area contributed by atoms with E-state index in [0.29, 0.717) is 5.71 Å². The average Bonchev–Trinajstić information content (AvgIpc) is 3.47. The van der Waals surface area contributed by atoms with Gasteiger partial charge in [-0.05, 0) is 107 Å². The predicted molar refractivity (Wildman–Crippen MR) is 208 cm³/mol. The number of hydrogen-bond donors (Lipinski definition) is 0. The van der Waals surface area contributed by atoms with Crippen LogP contribution in [0.15, 0.2) is 96.1 Å². The fraction of sp³-hybridized carbons (Fsp3) is 0.255. The molecule has 2 aliphatic rings. The molecule has 4 nitrogen and oxygen atoms in total. The van der Waals surface area contributed by atoms with E-state index in [0.717, 1.165) is 58.3 Å². The van der Waals surface area contributed by atoms with E-state index in [9.17, 15) is 0 Å². The topological polar surface area (TPSA) is 33.8 Å². The Morgan fingerprint density at radius 1 is 0.725 bits per heavy atom. The van der Waals surface area contributed by atoms with Gasteiger partial charge in [-0.3, -0.25) is 0 Å². The Hall–Kier alpha value is -5.35.